The molecule has 1 aliphatic rings. The number of carbonyl (C=O) groups is 1. The molecule has 1 amide bonds. The summed E-state index contributed by atoms with van der Waals surface area (Å²) < 4.78 is 1.39. The fourth-order valence-electron chi connectivity index (χ4n) is 4.21. The first-order chi connectivity index (χ1) is 16.3. The minimum Gasteiger partial charge on any atom is -0.383 e. The highest BCUT2D eigenvalue weighted by molar-refractivity contribution is 5.94. The van der Waals surface area contributed by atoms with Crippen molar-refractivity contribution in [1.29, 1.82) is 0 Å². The van der Waals surface area contributed by atoms with Crippen molar-refractivity contribution in [2.24, 2.45) is 5.92 Å². The number of unbranched alkanes of at least 4 members (excludes halogenated alkanes) is 1. The minimum absolute atomic E-state index is 0.0418. The molecule has 1 fully saturated rings. The van der Waals surface area contributed by atoms with E-state index in [1.807, 2.05) is 31.2 Å². The Labute approximate surface area is 201 Å². The molecule has 9 heteroatoms. The van der Waals surface area contributed by atoms with Crippen LogP contribution < -0.4 is 32.1 Å². The largest absolute Gasteiger partial charge is 0.383 e. The van der Waals surface area contributed by atoms with Crippen molar-refractivity contribution in [3.05, 3.63) is 45.1 Å². The Hall–Kier alpha value is -3.23. The van der Waals surface area contributed by atoms with Crippen LogP contribution in [0.15, 0.2) is 33.9 Å². The molecule has 0 atom stereocenters. The molecule has 0 aliphatic carbocycles. The molecule has 3 rings (SSSR count). The van der Waals surface area contributed by atoms with Crippen molar-refractivity contribution in [2.75, 3.05) is 47.0 Å². The van der Waals surface area contributed by atoms with Gasteiger partial charge in [-0.25, -0.2) is 4.79 Å². The Balaban J connectivity index is 1.79. The van der Waals surface area contributed by atoms with Gasteiger partial charge in [-0.2, -0.15) is 0 Å². The van der Waals surface area contributed by atoms with Crippen molar-refractivity contribution in [3.8, 4) is 0 Å². The van der Waals surface area contributed by atoms with Gasteiger partial charge in [0.05, 0.1) is 6.54 Å². The van der Waals surface area contributed by atoms with Crippen LogP contribution in [0.4, 0.5) is 22.9 Å². The minimum atomic E-state index is -0.568. The highest BCUT2D eigenvalue weighted by Gasteiger charge is 2.21. The summed E-state index contributed by atoms with van der Waals surface area (Å²) in [5, 5.41) is 2.93. The van der Waals surface area contributed by atoms with Gasteiger partial charge in [0.15, 0.2) is 0 Å². The van der Waals surface area contributed by atoms with E-state index in [1.54, 1.807) is 4.90 Å². The maximum atomic E-state index is 12.9. The third-order valence-electron chi connectivity index (χ3n) is 6.20. The number of hydrogen-bond acceptors (Lipinski definition) is 6. The second kappa shape index (κ2) is 11.8. The first-order valence-corrected chi connectivity index (χ1v) is 12.3. The van der Waals surface area contributed by atoms with Gasteiger partial charge in [-0.05, 0) is 55.9 Å². The van der Waals surface area contributed by atoms with E-state index in [0.29, 0.717) is 24.7 Å². The highest BCUT2D eigenvalue weighted by atomic mass is 16.2. The summed E-state index contributed by atoms with van der Waals surface area (Å²) in [5.74, 6) is 0.228. The molecule has 0 radical (unpaired) electrons. The standard InChI is InChI=1S/C25H38N6O3/c1-4-5-15-31-23(26)22(24(33)28-25(31)34)30(16-12-18(2)3)17-21(32)27-19-8-10-20(11-9-19)29-13-6-7-14-29/h8-11,18H,4-7,12-17,26H2,1-3H3,(H,27,32)(H,28,33,34). The molecule has 2 heterocycles. The second-order valence-electron chi connectivity index (χ2n) is 9.39. The number of nitrogens with zero attached hydrogens (tertiary/aromatic N) is 3. The normalized spacial score (nSPS) is 13.5. The Morgan fingerprint density at radius 2 is 1.85 bits per heavy atom. The lowest BCUT2D eigenvalue weighted by Gasteiger charge is -2.26. The van der Waals surface area contributed by atoms with Crippen LogP contribution in [0.2, 0.25) is 0 Å². The number of H-pyrrole nitrogens is 1. The number of aromatic nitrogens is 2. The van der Waals surface area contributed by atoms with Gasteiger partial charge in [0.25, 0.3) is 5.56 Å². The van der Waals surface area contributed by atoms with Gasteiger partial charge in [-0.3, -0.25) is 19.1 Å². The lowest BCUT2D eigenvalue weighted by molar-refractivity contribution is -0.115. The summed E-state index contributed by atoms with van der Waals surface area (Å²) in [5.41, 5.74) is 7.25. The lowest BCUT2D eigenvalue weighted by atomic mass is 10.1. The van der Waals surface area contributed by atoms with E-state index >= 15 is 0 Å². The number of nitrogen functional groups attached to an aromatic ring is 1. The first-order valence-electron chi connectivity index (χ1n) is 12.3. The molecule has 0 saturated carbocycles. The molecule has 0 spiro atoms. The maximum Gasteiger partial charge on any atom is 0.330 e. The Morgan fingerprint density at radius 3 is 2.47 bits per heavy atom. The zero-order chi connectivity index (χ0) is 24.7. The Morgan fingerprint density at radius 1 is 1.18 bits per heavy atom. The van der Waals surface area contributed by atoms with Crippen molar-refractivity contribution < 1.29 is 4.79 Å². The molecule has 2 aromatic rings. The van der Waals surface area contributed by atoms with E-state index in [1.165, 1.54) is 17.4 Å². The van der Waals surface area contributed by atoms with Crippen LogP contribution in [-0.2, 0) is 11.3 Å². The van der Waals surface area contributed by atoms with E-state index < -0.39 is 11.2 Å². The van der Waals surface area contributed by atoms with Crippen molar-refractivity contribution in [1.82, 2.24) is 9.55 Å². The van der Waals surface area contributed by atoms with Gasteiger partial charge in [-0.1, -0.05) is 27.2 Å². The number of nitrogens with one attached hydrogen (secondary N) is 2. The molecule has 1 aromatic carbocycles. The molecule has 9 nitrogen and oxygen atoms in total. The van der Waals surface area contributed by atoms with E-state index in [-0.39, 0.29) is 24.0 Å². The topological polar surface area (TPSA) is 116 Å². The fourth-order valence-corrected chi connectivity index (χ4v) is 4.21. The fraction of sp³-hybridized carbons (Fsp3) is 0.560. The number of carbonyl (C=O) groups excluding carboxylic acids is 1. The monoisotopic (exact) mass is 470 g/mol. The summed E-state index contributed by atoms with van der Waals surface area (Å²) in [7, 11) is 0. The molecule has 4 N–H and O–H groups in total. The summed E-state index contributed by atoms with van der Waals surface area (Å²) in [6.45, 7) is 9.15. The van der Waals surface area contributed by atoms with Crippen molar-refractivity contribution in [3.63, 3.8) is 0 Å². The molecule has 34 heavy (non-hydrogen) atoms. The molecule has 1 aliphatic heterocycles. The smallest absolute Gasteiger partial charge is 0.330 e. The molecule has 186 valence electrons. The van der Waals surface area contributed by atoms with Gasteiger partial charge in [0.2, 0.25) is 5.91 Å². The van der Waals surface area contributed by atoms with Crippen LogP contribution in [0.1, 0.15) is 52.9 Å². The van der Waals surface area contributed by atoms with E-state index in [2.05, 4.69) is 29.0 Å². The van der Waals surface area contributed by atoms with Crippen LogP contribution in [0.5, 0.6) is 0 Å². The summed E-state index contributed by atoms with van der Waals surface area (Å²) in [6.07, 6.45) is 4.83. The third-order valence-corrected chi connectivity index (χ3v) is 6.20. The quantitative estimate of drug-likeness (QED) is 0.465. The predicted molar refractivity (Wildman–Crippen MR) is 139 cm³/mol. The molecule has 0 unspecified atom stereocenters. The van der Waals surface area contributed by atoms with Gasteiger partial charge < -0.3 is 20.9 Å². The SMILES string of the molecule is CCCCn1c(N)c(N(CCC(C)C)CC(=O)Nc2ccc(N3CCCC3)cc2)c(=O)[nH]c1=O. The first kappa shape index (κ1) is 25.4. The van der Waals surface area contributed by atoms with E-state index in [9.17, 15) is 14.4 Å². The number of benzene rings is 1. The number of aromatic amines is 1. The Bertz CT molecular complexity index is 1070. The third kappa shape index (κ3) is 6.42. The molecule has 1 aromatic heterocycles. The number of amides is 1. The van der Waals surface area contributed by atoms with Crippen LogP contribution in [-0.4, -0.2) is 41.6 Å². The zero-order valence-corrected chi connectivity index (χ0v) is 20.6. The number of anilines is 4. The average Bonchev–Trinajstić information content (AvgIpc) is 3.32. The number of hydrogen-bond donors (Lipinski definition) is 3. The van der Waals surface area contributed by atoms with Crippen LogP contribution in [0.3, 0.4) is 0 Å². The molecule has 1 saturated heterocycles. The van der Waals surface area contributed by atoms with E-state index in [0.717, 1.165) is 38.0 Å². The van der Waals surface area contributed by atoms with Crippen LogP contribution >= 0.6 is 0 Å². The number of rotatable bonds is 11. The van der Waals surface area contributed by atoms with Crippen molar-refractivity contribution >= 4 is 28.8 Å². The van der Waals surface area contributed by atoms with Gasteiger partial charge in [0, 0.05) is 37.6 Å². The highest BCUT2D eigenvalue weighted by Crippen LogP contribution is 2.23. The average molecular weight is 471 g/mol. The summed E-state index contributed by atoms with van der Waals surface area (Å²) in [4.78, 5) is 44.4. The Kier molecular flexibility index (Phi) is 8.79. The molecular weight excluding hydrogens is 432 g/mol. The molecule has 0 bridgehead atoms. The van der Waals surface area contributed by atoms with Gasteiger partial charge in [-0.15, -0.1) is 0 Å². The summed E-state index contributed by atoms with van der Waals surface area (Å²) in [6, 6.07) is 7.83. The lowest BCUT2D eigenvalue weighted by Crippen LogP contribution is -2.42. The van der Waals surface area contributed by atoms with Crippen molar-refractivity contribution in [2.45, 2.75) is 59.4 Å². The predicted octanol–water partition coefficient (Wildman–Crippen LogP) is 3.01. The van der Waals surface area contributed by atoms with Crippen LogP contribution in [0.25, 0.3) is 0 Å². The zero-order valence-electron chi connectivity index (χ0n) is 20.6. The van der Waals surface area contributed by atoms with E-state index in [4.69, 9.17) is 5.73 Å². The second-order valence-corrected chi connectivity index (χ2v) is 9.39. The maximum absolute atomic E-state index is 12.9. The number of nitrogens with two attached hydrogens (primary N) is 1. The van der Waals surface area contributed by atoms with Gasteiger partial charge in [0.1, 0.15) is 11.5 Å². The summed E-state index contributed by atoms with van der Waals surface area (Å²) >= 11 is 0. The molecular formula is C25H38N6O3. The van der Waals surface area contributed by atoms with Crippen LogP contribution in [0, 0.1) is 5.92 Å². The van der Waals surface area contributed by atoms with Gasteiger partial charge >= 0.3 is 5.69 Å².